The standard InChI is InChI=1S/C16H22N2O3S2/c1-11-10-22-15-8-7-13(9-14(15)17-16(11)19)23(20,21)18-12-5-3-2-4-6-12/h7-9,11-12,18H,2-6,10H2,1H3,(H,17,19). The molecule has 23 heavy (non-hydrogen) atoms. The van der Waals surface area contributed by atoms with E-state index in [0.29, 0.717) is 11.4 Å². The minimum atomic E-state index is -3.55. The third kappa shape index (κ3) is 3.89. The molecule has 1 fully saturated rings. The summed E-state index contributed by atoms with van der Waals surface area (Å²) in [5.41, 5.74) is 0.593. The zero-order valence-corrected chi connectivity index (χ0v) is 14.8. The van der Waals surface area contributed by atoms with Gasteiger partial charge in [-0.25, -0.2) is 13.1 Å². The number of amides is 1. The van der Waals surface area contributed by atoms with Crippen LogP contribution in [0.1, 0.15) is 39.0 Å². The molecule has 2 aliphatic rings. The van der Waals surface area contributed by atoms with E-state index in [0.717, 1.165) is 30.6 Å². The number of benzene rings is 1. The molecule has 7 heteroatoms. The maximum Gasteiger partial charge on any atom is 0.240 e. The molecule has 1 aromatic rings. The average Bonchev–Trinajstić information content (AvgIpc) is 2.67. The Kier molecular flexibility index (Phi) is 4.98. The van der Waals surface area contributed by atoms with Crippen LogP contribution >= 0.6 is 11.8 Å². The van der Waals surface area contributed by atoms with Crippen LogP contribution in [0.3, 0.4) is 0 Å². The fourth-order valence-electron chi connectivity index (χ4n) is 2.95. The summed E-state index contributed by atoms with van der Waals surface area (Å²) in [5.74, 6) is 0.546. The van der Waals surface area contributed by atoms with Crippen molar-refractivity contribution in [2.24, 2.45) is 5.92 Å². The van der Waals surface area contributed by atoms with Gasteiger partial charge >= 0.3 is 0 Å². The van der Waals surface area contributed by atoms with Crippen molar-refractivity contribution in [3.8, 4) is 0 Å². The van der Waals surface area contributed by atoms with Crippen LogP contribution in [-0.4, -0.2) is 26.1 Å². The molecule has 0 saturated heterocycles. The van der Waals surface area contributed by atoms with Crippen molar-refractivity contribution in [3.63, 3.8) is 0 Å². The third-order valence-corrected chi connectivity index (χ3v) is 7.23. The van der Waals surface area contributed by atoms with Gasteiger partial charge in [-0.05, 0) is 31.0 Å². The zero-order chi connectivity index (χ0) is 16.4. The maximum atomic E-state index is 12.6. The number of carbonyl (C=O) groups excluding carboxylic acids is 1. The van der Waals surface area contributed by atoms with Crippen molar-refractivity contribution in [1.29, 1.82) is 0 Å². The normalized spacial score (nSPS) is 23.0. The maximum absolute atomic E-state index is 12.6. The highest BCUT2D eigenvalue weighted by Gasteiger charge is 2.25. The summed E-state index contributed by atoms with van der Waals surface area (Å²) in [6, 6.07) is 5.01. The Balaban J connectivity index is 1.83. The summed E-state index contributed by atoms with van der Waals surface area (Å²) in [6.07, 6.45) is 5.12. The molecule has 5 nitrogen and oxygen atoms in total. The molecule has 0 spiro atoms. The minimum absolute atomic E-state index is 0.0246. The van der Waals surface area contributed by atoms with Gasteiger partial charge in [0.2, 0.25) is 15.9 Å². The van der Waals surface area contributed by atoms with Gasteiger partial charge < -0.3 is 5.32 Å². The molecule has 1 heterocycles. The van der Waals surface area contributed by atoms with Gasteiger partial charge in [0.25, 0.3) is 0 Å². The summed E-state index contributed by atoms with van der Waals surface area (Å²) in [6.45, 7) is 1.87. The van der Waals surface area contributed by atoms with Gasteiger partial charge in [-0.3, -0.25) is 4.79 Å². The topological polar surface area (TPSA) is 75.3 Å². The number of nitrogens with one attached hydrogen (secondary N) is 2. The molecule has 1 saturated carbocycles. The second-order valence-corrected chi connectivity index (χ2v) is 9.09. The van der Waals surface area contributed by atoms with Crippen LogP contribution < -0.4 is 10.0 Å². The number of anilines is 1. The van der Waals surface area contributed by atoms with E-state index in [1.807, 2.05) is 6.92 Å². The smallest absolute Gasteiger partial charge is 0.240 e. The lowest BCUT2D eigenvalue weighted by atomic mass is 9.96. The van der Waals surface area contributed by atoms with Gasteiger partial charge in [0.1, 0.15) is 0 Å². The molecular formula is C16H22N2O3S2. The van der Waals surface area contributed by atoms with Crippen LogP contribution in [0.15, 0.2) is 28.0 Å². The van der Waals surface area contributed by atoms with Crippen LogP contribution in [-0.2, 0) is 14.8 Å². The molecule has 126 valence electrons. The SMILES string of the molecule is CC1CSc2ccc(S(=O)(=O)NC3CCCCC3)cc2NC1=O. The Labute approximate surface area is 141 Å². The van der Waals surface area contributed by atoms with Crippen molar-refractivity contribution in [3.05, 3.63) is 18.2 Å². The van der Waals surface area contributed by atoms with E-state index in [9.17, 15) is 13.2 Å². The third-order valence-electron chi connectivity index (χ3n) is 4.38. The summed E-state index contributed by atoms with van der Waals surface area (Å²) in [7, 11) is -3.55. The zero-order valence-electron chi connectivity index (χ0n) is 13.2. The van der Waals surface area contributed by atoms with E-state index in [1.165, 1.54) is 6.42 Å². The Bertz CT molecular complexity index is 697. The first-order valence-electron chi connectivity index (χ1n) is 8.06. The van der Waals surface area contributed by atoms with Gasteiger partial charge in [-0.1, -0.05) is 26.2 Å². The number of rotatable bonds is 3. The van der Waals surface area contributed by atoms with Crippen LogP contribution in [0.25, 0.3) is 0 Å². The van der Waals surface area contributed by atoms with Gasteiger partial charge in [-0.15, -0.1) is 11.8 Å². The Hall–Kier alpha value is -1.05. The number of thioether (sulfide) groups is 1. The molecule has 3 rings (SSSR count). The molecule has 1 aliphatic carbocycles. The van der Waals surface area contributed by atoms with E-state index in [4.69, 9.17) is 0 Å². The highest BCUT2D eigenvalue weighted by atomic mass is 32.2. The first kappa shape index (κ1) is 16.8. The molecule has 1 atom stereocenters. The van der Waals surface area contributed by atoms with E-state index in [-0.39, 0.29) is 22.8 Å². The highest BCUT2D eigenvalue weighted by Crippen LogP contribution is 2.34. The summed E-state index contributed by atoms with van der Waals surface area (Å²) >= 11 is 1.58. The fraction of sp³-hybridized carbons (Fsp3) is 0.562. The molecular weight excluding hydrogens is 332 g/mol. The van der Waals surface area contributed by atoms with Crippen molar-refractivity contribution in [2.75, 3.05) is 11.1 Å². The second-order valence-electron chi connectivity index (χ2n) is 6.32. The fourth-order valence-corrected chi connectivity index (χ4v) is 5.30. The van der Waals surface area contributed by atoms with E-state index >= 15 is 0 Å². The van der Waals surface area contributed by atoms with Crippen molar-refractivity contribution < 1.29 is 13.2 Å². The Morgan fingerprint density at radius 3 is 2.70 bits per heavy atom. The second kappa shape index (κ2) is 6.83. The van der Waals surface area contributed by atoms with Crippen LogP contribution in [0.5, 0.6) is 0 Å². The predicted octanol–water partition coefficient (Wildman–Crippen LogP) is 2.98. The minimum Gasteiger partial charge on any atom is -0.325 e. The number of hydrogen-bond donors (Lipinski definition) is 2. The first-order chi connectivity index (χ1) is 11.0. The Morgan fingerprint density at radius 1 is 1.22 bits per heavy atom. The lowest BCUT2D eigenvalue weighted by Gasteiger charge is -2.22. The monoisotopic (exact) mass is 354 g/mol. The average molecular weight is 354 g/mol. The number of fused-ring (bicyclic) bond motifs is 1. The number of hydrogen-bond acceptors (Lipinski definition) is 4. The number of sulfonamides is 1. The molecule has 0 radical (unpaired) electrons. The molecule has 1 unspecified atom stereocenters. The van der Waals surface area contributed by atoms with Gasteiger partial charge in [0, 0.05) is 22.6 Å². The van der Waals surface area contributed by atoms with E-state index in [2.05, 4.69) is 10.0 Å². The Morgan fingerprint density at radius 2 is 1.96 bits per heavy atom. The van der Waals surface area contributed by atoms with E-state index in [1.54, 1.807) is 30.0 Å². The molecule has 0 aromatic heterocycles. The van der Waals surface area contributed by atoms with Crippen molar-refractivity contribution in [2.45, 2.75) is 54.9 Å². The van der Waals surface area contributed by atoms with E-state index < -0.39 is 10.0 Å². The lowest BCUT2D eigenvalue weighted by Crippen LogP contribution is -2.36. The summed E-state index contributed by atoms with van der Waals surface area (Å²) < 4.78 is 28.0. The molecule has 2 N–H and O–H groups in total. The number of carbonyl (C=O) groups is 1. The largest absolute Gasteiger partial charge is 0.325 e. The van der Waals surface area contributed by atoms with Crippen molar-refractivity contribution >= 4 is 33.4 Å². The van der Waals surface area contributed by atoms with Crippen molar-refractivity contribution in [1.82, 2.24) is 4.72 Å². The molecule has 1 aromatic carbocycles. The van der Waals surface area contributed by atoms with Crippen LogP contribution in [0.4, 0.5) is 5.69 Å². The van der Waals surface area contributed by atoms with Crippen LogP contribution in [0.2, 0.25) is 0 Å². The highest BCUT2D eigenvalue weighted by molar-refractivity contribution is 7.99. The quantitative estimate of drug-likeness (QED) is 0.875. The van der Waals surface area contributed by atoms with Gasteiger partial charge in [0.15, 0.2) is 0 Å². The summed E-state index contributed by atoms with van der Waals surface area (Å²) in [4.78, 5) is 13.1. The molecule has 1 aliphatic heterocycles. The summed E-state index contributed by atoms with van der Waals surface area (Å²) in [5, 5.41) is 2.84. The molecule has 1 amide bonds. The van der Waals surface area contributed by atoms with Gasteiger partial charge in [0.05, 0.1) is 10.6 Å². The van der Waals surface area contributed by atoms with Crippen LogP contribution in [0, 0.1) is 5.92 Å². The van der Waals surface area contributed by atoms with Gasteiger partial charge in [-0.2, -0.15) is 0 Å². The first-order valence-corrected chi connectivity index (χ1v) is 10.5. The lowest BCUT2D eigenvalue weighted by molar-refractivity contribution is -0.118. The molecule has 0 bridgehead atoms. The predicted molar refractivity (Wildman–Crippen MR) is 92.2 cm³/mol.